The van der Waals surface area contributed by atoms with Gasteiger partial charge in [0.2, 0.25) is 5.84 Å². The fraction of sp³-hybridized carbons (Fsp3) is 0.318. The second-order valence-corrected chi connectivity index (χ2v) is 9.35. The zero-order valence-electron chi connectivity index (χ0n) is 15.7. The largest absolute Gasteiger partial charge is 0.247 e. The second kappa shape index (κ2) is 8.41. The lowest BCUT2D eigenvalue weighted by Gasteiger charge is -2.43. The van der Waals surface area contributed by atoms with Crippen LogP contribution in [0.1, 0.15) is 37.7 Å². The van der Waals surface area contributed by atoms with E-state index in [-0.39, 0.29) is 0 Å². The van der Waals surface area contributed by atoms with Crippen LogP contribution in [0.25, 0.3) is 0 Å². The molecule has 28 heavy (non-hydrogen) atoms. The Morgan fingerprint density at radius 3 is 2.25 bits per heavy atom. The Bertz CT molecular complexity index is 933. The zero-order chi connectivity index (χ0) is 19.7. The van der Waals surface area contributed by atoms with E-state index in [2.05, 4.69) is 18.4 Å². The average Bonchev–Trinajstić information content (AvgIpc) is 3.09. The van der Waals surface area contributed by atoms with Crippen LogP contribution in [0, 0.1) is 0 Å². The van der Waals surface area contributed by atoms with Gasteiger partial charge in [0.05, 0.1) is 10.6 Å². The van der Waals surface area contributed by atoms with E-state index < -0.39 is 0 Å². The lowest BCUT2D eigenvalue weighted by molar-refractivity contribution is 0.297. The van der Waals surface area contributed by atoms with Crippen molar-refractivity contribution in [1.82, 2.24) is 4.48 Å². The zero-order valence-corrected chi connectivity index (χ0v) is 18.8. The molecular formula is C22H22Cl3N2S+. The molecule has 6 heteroatoms. The van der Waals surface area contributed by atoms with Gasteiger partial charge in [-0.25, -0.2) is 4.48 Å². The quantitative estimate of drug-likeness (QED) is 0.429. The summed E-state index contributed by atoms with van der Waals surface area (Å²) in [5.41, 5.74) is 2.12. The first-order valence-electron chi connectivity index (χ1n) is 9.50. The van der Waals surface area contributed by atoms with Crippen molar-refractivity contribution in [2.75, 3.05) is 6.26 Å². The third-order valence-corrected chi connectivity index (χ3v) is 7.33. The molecule has 146 valence electrons. The molecule has 1 atom stereocenters. The predicted molar refractivity (Wildman–Crippen MR) is 125 cm³/mol. The van der Waals surface area contributed by atoms with E-state index in [1.54, 1.807) is 17.8 Å². The molecule has 0 bridgehead atoms. The molecule has 1 aliphatic carbocycles. The monoisotopic (exact) mass is 451 g/mol. The second-order valence-electron chi connectivity index (χ2n) is 7.24. The van der Waals surface area contributed by atoms with E-state index in [9.17, 15) is 0 Å². The number of aliphatic imine (C=N–C) groups is 1. The Morgan fingerprint density at radius 2 is 1.61 bits per heavy atom. The Morgan fingerprint density at radius 1 is 0.929 bits per heavy atom. The Kier molecular flexibility index (Phi) is 6.10. The maximum atomic E-state index is 6.65. The van der Waals surface area contributed by atoms with Gasteiger partial charge >= 0.3 is 0 Å². The highest BCUT2D eigenvalue weighted by Crippen LogP contribution is 2.47. The molecule has 2 aromatic carbocycles. The van der Waals surface area contributed by atoms with E-state index in [0.717, 1.165) is 29.3 Å². The molecule has 2 nitrogen and oxygen atoms in total. The topological polar surface area (TPSA) is 12.4 Å². The molecule has 0 N–H and O–H groups in total. The summed E-state index contributed by atoms with van der Waals surface area (Å²) < 4.78 is 0.611. The van der Waals surface area contributed by atoms with Crippen LogP contribution in [0.4, 0.5) is 5.69 Å². The first-order chi connectivity index (χ1) is 13.6. The molecule has 0 saturated heterocycles. The molecule has 4 rings (SSSR count). The number of halogens is 3. The van der Waals surface area contributed by atoms with Crippen molar-refractivity contribution in [2.24, 2.45) is 4.99 Å². The molecule has 0 radical (unpaired) electrons. The van der Waals surface area contributed by atoms with E-state index in [1.165, 1.54) is 30.0 Å². The van der Waals surface area contributed by atoms with Crippen LogP contribution in [0.5, 0.6) is 0 Å². The van der Waals surface area contributed by atoms with Crippen molar-refractivity contribution in [3.63, 3.8) is 0 Å². The van der Waals surface area contributed by atoms with Gasteiger partial charge in [0.1, 0.15) is 17.9 Å². The molecule has 0 aromatic heterocycles. The van der Waals surface area contributed by atoms with Gasteiger partial charge < -0.3 is 0 Å². The molecule has 1 heterocycles. The van der Waals surface area contributed by atoms with Crippen LogP contribution in [0.2, 0.25) is 15.1 Å². The summed E-state index contributed by atoms with van der Waals surface area (Å²) >= 11 is 20.8. The Hall–Kier alpha value is -0.970. The molecule has 0 amide bonds. The summed E-state index contributed by atoms with van der Waals surface area (Å²) in [7, 11) is 0. The highest BCUT2D eigenvalue weighted by molar-refractivity contribution is 8.02. The minimum Gasteiger partial charge on any atom is -0.200 e. The predicted octanol–water partition coefficient (Wildman–Crippen LogP) is 7.91. The molecule has 2 aliphatic rings. The average molecular weight is 453 g/mol. The first-order valence-corrected chi connectivity index (χ1v) is 11.9. The highest BCUT2D eigenvalue weighted by atomic mass is 35.5. The van der Waals surface area contributed by atoms with E-state index in [4.69, 9.17) is 39.8 Å². The number of quaternary nitrogens is 1. The Balaban J connectivity index is 1.95. The molecular weight excluding hydrogens is 431 g/mol. The van der Waals surface area contributed by atoms with Crippen molar-refractivity contribution in [3.8, 4) is 0 Å². The van der Waals surface area contributed by atoms with Gasteiger partial charge in [-0.05, 0) is 49.4 Å². The third-order valence-electron chi connectivity index (χ3n) is 5.72. The van der Waals surface area contributed by atoms with Crippen LogP contribution >= 0.6 is 46.6 Å². The number of benzene rings is 2. The van der Waals surface area contributed by atoms with Crippen molar-refractivity contribution >= 4 is 58.1 Å². The molecule has 1 aliphatic heterocycles. The molecule has 0 spiro atoms. The van der Waals surface area contributed by atoms with Gasteiger partial charge in [0.15, 0.2) is 5.03 Å². The van der Waals surface area contributed by atoms with Gasteiger partial charge in [-0.3, -0.25) is 0 Å². The third kappa shape index (κ3) is 3.42. The number of hydrogen-bond donors (Lipinski definition) is 0. The van der Waals surface area contributed by atoms with Crippen molar-refractivity contribution < 1.29 is 0 Å². The van der Waals surface area contributed by atoms with Crippen molar-refractivity contribution in [3.05, 3.63) is 74.3 Å². The van der Waals surface area contributed by atoms with Crippen molar-refractivity contribution in [2.45, 2.75) is 38.1 Å². The molecule has 2 aromatic rings. The maximum absolute atomic E-state index is 6.65. The van der Waals surface area contributed by atoms with Crippen LogP contribution in [-0.2, 0) is 0 Å². The summed E-state index contributed by atoms with van der Waals surface area (Å²) in [6, 6.07) is 14.3. The fourth-order valence-electron chi connectivity index (χ4n) is 4.49. The SMILES string of the molecule is CSC1=CN=C(c2ccc(Cl)cc2Cl)[N+]1(c1ccc(Cl)cc1)C1CCCCC1. The summed E-state index contributed by atoms with van der Waals surface area (Å²) in [5.74, 6) is 0.972. The standard InChI is InChI=1S/C22H22Cl3N2S/c1-28-21-14-26-22(19-12-9-16(24)13-20(19)25)27(21,17-5-3-2-4-6-17)18-10-7-15(23)8-11-18/h7-14,17H,2-6H2,1H3/q+1. The van der Waals surface area contributed by atoms with E-state index in [0.29, 0.717) is 20.6 Å². The summed E-state index contributed by atoms with van der Waals surface area (Å²) in [4.78, 5) is 4.92. The van der Waals surface area contributed by atoms with Gasteiger partial charge in [-0.2, -0.15) is 4.99 Å². The van der Waals surface area contributed by atoms with Crippen LogP contribution in [-0.4, -0.2) is 18.1 Å². The minimum atomic E-state index is 0.418. The molecule has 1 unspecified atom stereocenters. The normalized spacial score (nSPS) is 22.9. The summed E-state index contributed by atoms with van der Waals surface area (Å²) in [5, 5.41) is 3.22. The maximum Gasteiger partial charge on any atom is 0.247 e. The Labute approximate surface area is 185 Å². The summed E-state index contributed by atoms with van der Waals surface area (Å²) in [6.07, 6.45) is 10.2. The van der Waals surface area contributed by atoms with Gasteiger partial charge in [0.25, 0.3) is 0 Å². The lowest BCUT2D eigenvalue weighted by atomic mass is 9.90. The lowest BCUT2D eigenvalue weighted by Crippen LogP contribution is -2.58. The van der Waals surface area contributed by atoms with Gasteiger partial charge in [-0.15, -0.1) is 0 Å². The number of thioether (sulfide) groups is 1. The minimum absolute atomic E-state index is 0.418. The van der Waals surface area contributed by atoms with Crippen LogP contribution in [0.3, 0.4) is 0 Å². The van der Waals surface area contributed by atoms with Gasteiger partial charge in [-0.1, -0.05) is 53.0 Å². The fourth-order valence-corrected chi connectivity index (χ4v) is 5.89. The number of hydrogen-bond acceptors (Lipinski definition) is 2. The van der Waals surface area contributed by atoms with Gasteiger partial charge in [0, 0.05) is 35.0 Å². The van der Waals surface area contributed by atoms with Crippen LogP contribution < -0.4 is 4.48 Å². The van der Waals surface area contributed by atoms with E-state index in [1.807, 2.05) is 30.5 Å². The smallest absolute Gasteiger partial charge is 0.200 e. The van der Waals surface area contributed by atoms with Crippen LogP contribution in [0.15, 0.2) is 58.7 Å². The number of amidine groups is 1. The number of rotatable bonds is 4. The summed E-state index contributed by atoms with van der Waals surface area (Å²) in [6.45, 7) is 0. The molecule has 1 fully saturated rings. The number of nitrogens with zero attached hydrogens (tertiary/aromatic N) is 2. The molecule has 1 saturated carbocycles. The van der Waals surface area contributed by atoms with E-state index >= 15 is 0 Å². The van der Waals surface area contributed by atoms with Crippen molar-refractivity contribution in [1.29, 1.82) is 0 Å². The highest BCUT2D eigenvalue weighted by Gasteiger charge is 2.51. The first kappa shape index (κ1) is 20.3.